The molecule has 0 aromatic carbocycles. The van der Waals surface area contributed by atoms with E-state index < -0.39 is 18.2 Å². The van der Waals surface area contributed by atoms with Crippen LogP contribution in [0.25, 0.3) is 0 Å². The number of unbranched alkanes of at least 4 members (excludes halogenated alkanes) is 24. The second-order valence-electron chi connectivity index (χ2n) is 18.2. The van der Waals surface area contributed by atoms with Crippen LogP contribution in [0.15, 0.2) is 72.9 Å². The molecule has 0 radical (unpaired) electrons. The zero-order valence-electron chi connectivity index (χ0n) is 42.1. The fraction of sp³-hybridized carbons (Fsp3) is 0.759. The summed E-state index contributed by atoms with van der Waals surface area (Å²) >= 11 is 0. The third kappa shape index (κ3) is 45.9. The van der Waals surface area contributed by atoms with Gasteiger partial charge in [-0.25, -0.2) is 0 Å². The van der Waals surface area contributed by atoms with Crippen LogP contribution in [-0.4, -0.2) is 46.9 Å². The lowest BCUT2D eigenvalue weighted by molar-refractivity contribution is -0.151. The molecule has 0 heterocycles. The third-order valence-electron chi connectivity index (χ3n) is 12.0. The van der Waals surface area contributed by atoms with E-state index in [0.717, 1.165) is 109 Å². The summed E-state index contributed by atoms with van der Waals surface area (Å²) in [7, 11) is 0. The highest BCUT2D eigenvalue weighted by Crippen LogP contribution is 2.17. The van der Waals surface area contributed by atoms with Crippen LogP contribution in [0.5, 0.6) is 0 Å². The van der Waals surface area contributed by atoms with Crippen LogP contribution in [0.4, 0.5) is 0 Å². The van der Waals surface area contributed by atoms with E-state index in [9.17, 15) is 19.8 Å². The highest BCUT2D eigenvalue weighted by molar-refractivity contribution is 5.77. The van der Waals surface area contributed by atoms with Gasteiger partial charge >= 0.3 is 5.97 Å². The second kappa shape index (κ2) is 51.3. The second-order valence-corrected chi connectivity index (χ2v) is 18.2. The number of nitrogens with one attached hydrogen (secondary N) is 1. The number of hydrogen-bond donors (Lipinski definition) is 3. The first-order valence-electron chi connectivity index (χ1n) is 27.2. The first-order chi connectivity index (χ1) is 31.5. The lowest BCUT2D eigenvalue weighted by Crippen LogP contribution is -2.46. The molecule has 0 aliphatic heterocycles. The highest BCUT2D eigenvalue weighted by Gasteiger charge is 2.24. The van der Waals surface area contributed by atoms with Crippen LogP contribution in [0.3, 0.4) is 0 Å². The van der Waals surface area contributed by atoms with Crippen molar-refractivity contribution >= 4 is 11.9 Å². The summed E-state index contributed by atoms with van der Waals surface area (Å²) in [4.78, 5) is 26.1. The fourth-order valence-electron chi connectivity index (χ4n) is 7.91. The van der Waals surface area contributed by atoms with Crippen LogP contribution in [0.2, 0.25) is 0 Å². The van der Waals surface area contributed by atoms with E-state index in [0.29, 0.717) is 19.3 Å². The van der Waals surface area contributed by atoms with Crippen molar-refractivity contribution in [1.29, 1.82) is 0 Å². The molecule has 6 heteroatoms. The van der Waals surface area contributed by atoms with E-state index >= 15 is 0 Å². The van der Waals surface area contributed by atoms with Gasteiger partial charge in [-0.1, -0.05) is 229 Å². The molecule has 0 saturated carbocycles. The smallest absolute Gasteiger partial charge is 0.306 e. The molecule has 0 spiro atoms. The normalized spacial score (nSPS) is 13.8. The van der Waals surface area contributed by atoms with E-state index in [1.54, 1.807) is 0 Å². The molecule has 3 atom stereocenters. The molecule has 0 bridgehead atoms. The molecule has 0 aromatic heterocycles. The molecule has 0 aromatic rings. The molecule has 3 unspecified atom stereocenters. The number of amides is 1. The maximum Gasteiger partial charge on any atom is 0.306 e. The molecule has 0 fully saturated rings. The Morgan fingerprint density at radius 1 is 0.469 bits per heavy atom. The number of rotatable bonds is 48. The van der Waals surface area contributed by atoms with E-state index in [1.807, 2.05) is 0 Å². The monoisotopic (exact) mass is 894 g/mol. The number of carbonyl (C=O) groups excluding carboxylic acids is 2. The number of ether oxygens (including phenoxy) is 1. The van der Waals surface area contributed by atoms with Crippen molar-refractivity contribution in [2.24, 2.45) is 0 Å². The van der Waals surface area contributed by atoms with Crippen LogP contribution in [-0.2, 0) is 14.3 Å². The minimum atomic E-state index is -0.800. The summed E-state index contributed by atoms with van der Waals surface area (Å²) in [6.07, 6.45) is 65.4. The molecule has 1 amide bonds. The van der Waals surface area contributed by atoms with Gasteiger partial charge in [0.05, 0.1) is 25.2 Å². The van der Waals surface area contributed by atoms with Crippen molar-refractivity contribution in [3.8, 4) is 0 Å². The summed E-state index contributed by atoms with van der Waals surface area (Å²) in [6.45, 7) is 6.32. The maximum absolute atomic E-state index is 13.2. The summed E-state index contributed by atoms with van der Waals surface area (Å²) in [6, 6.07) is -0.715. The molecule has 0 aliphatic rings. The van der Waals surface area contributed by atoms with Crippen LogP contribution < -0.4 is 5.32 Å². The molecular weight excluding hydrogens is 791 g/mol. The number of aliphatic hydroxyl groups is 2. The Morgan fingerprint density at radius 3 is 1.34 bits per heavy atom. The maximum atomic E-state index is 13.2. The van der Waals surface area contributed by atoms with Gasteiger partial charge in [0.15, 0.2) is 0 Å². The summed E-state index contributed by atoms with van der Waals surface area (Å²) in [5.74, 6) is -0.529. The van der Waals surface area contributed by atoms with E-state index in [1.165, 1.54) is 103 Å². The Bertz CT molecular complexity index is 1190. The van der Waals surface area contributed by atoms with Crippen LogP contribution in [0, 0.1) is 0 Å². The summed E-state index contributed by atoms with van der Waals surface area (Å²) in [5.41, 5.74) is 0. The van der Waals surface area contributed by atoms with Gasteiger partial charge in [0.25, 0.3) is 0 Å². The van der Waals surface area contributed by atoms with Gasteiger partial charge in [-0.3, -0.25) is 9.59 Å². The molecule has 64 heavy (non-hydrogen) atoms. The Kier molecular flexibility index (Phi) is 49.1. The number of carbonyl (C=O) groups is 2. The highest BCUT2D eigenvalue weighted by atomic mass is 16.5. The van der Waals surface area contributed by atoms with Gasteiger partial charge in [0.1, 0.15) is 6.10 Å². The molecule has 0 saturated heterocycles. The lowest BCUT2D eigenvalue weighted by atomic mass is 10.0. The summed E-state index contributed by atoms with van der Waals surface area (Å²) in [5, 5.41) is 23.8. The average Bonchev–Trinajstić information content (AvgIpc) is 3.29. The summed E-state index contributed by atoms with van der Waals surface area (Å²) < 4.78 is 5.90. The van der Waals surface area contributed by atoms with Gasteiger partial charge in [-0.2, -0.15) is 0 Å². The van der Waals surface area contributed by atoms with Crippen LogP contribution >= 0.6 is 0 Å². The lowest BCUT2D eigenvalue weighted by Gasteiger charge is -2.24. The zero-order valence-corrected chi connectivity index (χ0v) is 42.1. The minimum Gasteiger partial charge on any atom is -0.462 e. The van der Waals surface area contributed by atoms with E-state index in [-0.39, 0.29) is 24.9 Å². The first kappa shape index (κ1) is 61.3. The van der Waals surface area contributed by atoms with Crippen molar-refractivity contribution in [2.45, 2.75) is 277 Å². The number of hydrogen-bond acceptors (Lipinski definition) is 5. The Balaban J connectivity index is 4.47. The molecule has 3 N–H and O–H groups in total. The van der Waals surface area contributed by atoms with Gasteiger partial charge in [0, 0.05) is 6.42 Å². The number of allylic oxidation sites excluding steroid dienone is 12. The predicted molar refractivity (Wildman–Crippen MR) is 278 cm³/mol. The van der Waals surface area contributed by atoms with Gasteiger partial charge in [-0.05, 0) is 89.9 Å². The molecule has 0 rings (SSSR count). The number of aliphatic hydroxyl groups excluding tert-OH is 2. The fourth-order valence-corrected chi connectivity index (χ4v) is 7.91. The van der Waals surface area contributed by atoms with Gasteiger partial charge in [0.2, 0.25) is 5.91 Å². The topological polar surface area (TPSA) is 95.9 Å². The Hall–Kier alpha value is -2.70. The van der Waals surface area contributed by atoms with Crippen molar-refractivity contribution < 1.29 is 24.5 Å². The molecule has 370 valence electrons. The minimum absolute atomic E-state index is 0.0507. The molecule has 6 nitrogen and oxygen atoms in total. The Morgan fingerprint density at radius 2 is 0.859 bits per heavy atom. The van der Waals surface area contributed by atoms with E-state index in [2.05, 4.69) is 99.0 Å². The van der Waals surface area contributed by atoms with Crippen molar-refractivity contribution in [1.82, 2.24) is 5.32 Å². The first-order valence-corrected chi connectivity index (χ1v) is 27.2. The van der Waals surface area contributed by atoms with Crippen molar-refractivity contribution in [2.75, 3.05) is 6.61 Å². The van der Waals surface area contributed by atoms with Crippen molar-refractivity contribution in [3.63, 3.8) is 0 Å². The molecule has 0 aliphatic carbocycles. The SMILES string of the molecule is CC/C=C\C/C=C\C/C=C\C/C=C\C/C=C\CCCCCC(=O)OC(CCCCC/C=C\CCCC)CC(=O)NC(CO)C(O)CCCCCCCCCCCCCCCCCCC. The zero-order chi connectivity index (χ0) is 46.7. The predicted octanol–water partition coefficient (Wildman–Crippen LogP) is 16.6. The van der Waals surface area contributed by atoms with Gasteiger partial charge < -0.3 is 20.3 Å². The van der Waals surface area contributed by atoms with E-state index in [4.69, 9.17) is 4.74 Å². The molecular formula is C58H103NO5. The third-order valence-corrected chi connectivity index (χ3v) is 12.0. The average molecular weight is 894 g/mol. The van der Waals surface area contributed by atoms with Crippen molar-refractivity contribution in [3.05, 3.63) is 72.9 Å². The number of esters is 1. The quantitative estimate of drug-likeness (QED) is 0.0321. The Labute approximate surface area is 396 Å². The van der Waals surface area contributed by atoms with Gasteiger partial charge in [-0.15, -0.1) is 0 Å². The largest absolute Gasteiger partial charge is 0.462 e. The van der Waals surface area contributed by atoms with Crippen LogP contribution in [0.1, 0.15) is 258 Å². The standard InChI is InChI=1S/C58H103NO5/c1-4-7-10-13-16-19-21-23-25-27-28-30-32-34-36-39-42-45-48-51-58(63)64-54(49-46-43-40-37-18-15-12-9-6-3)52-57(62)59-55(53-60)56(61)50-47-44-41-38-35-33-31-29-26-24-22-20-17-14-11-8-5-2/h7,10,15-16,18-19,23,25,28,30,34,36,54-56,60-61H,4-6,8-9,11-14,17,20-22,24,26-27,29,31-33,35,37-53H2,1-3H3,(H,59,62)/b10-7-,18-15-,19-16-,25-23-,30-28-,36-34-.